The Morgan fingerprint density at radius 3 is 1.06 bits per heavy atom. The topological polar surface area (TPSA) is 220 Å². The molecule has 2 atom stereocenters. The molecule has 0 rings (SSSR count). The SMILES string of the molecule is CC(O)C(=O)[O-].CC(O)C(=O)[O-].[NH4+].[O-][NH2+][O-].[Ti+2]. The summed E-state index contributed by atoms with van der Waals surface area (Å²) < 4.78 is 0. The Labute approximate surface area is 112 Å². The maximum atomic E-state index is 9.34. The average molecular weight is 292 g/mol. The van der Waals surface area contributed by atoms with E-state index < -0.39 is 29.8 Å². The smallest absolute Gasteiger partial charge is 0.635 e. The molecule has 0 aromatic heterocycles. The normalized spacial score (nSPS) is 10.7. The number of aliphatic hydroxyl groups excluding tert-OH is 2. The van der Waals surface area contributed by atoms with Crippen LogP contribution in [0, 0.1) is 10.4 Å². The van der Waals surface area contributed by atoms with E-state index in [-0.39, 0.29) is 27.9 Å². The number of carbonyl (C=O) groups is 2. The molecule has 0 fully saturated rings. The minimum Gasteiger partial charge on any atom is -0.635 e. The molecule has 0 saturated heterocycles. The first kappa shape index (κ1) is 29.9. The molecule has 0 aliphatic heterocycles. The summed E-state index contributed by atoms with van der Waals surface area (Å²) in [5.74, 6) is -2.87. The Morgan fingerprint density at radius 2 is 1.06 bits per heavy atom. The van der Waals surface area contributed by atoms with Crippen LogP contribution in [0.25, 0.3) is 0 Å². The molecule has 0 aliphatic rings. The minimum absolute atomic E-state index is 0. The molecule has 17 heavy (non-hydrogen) atoms. The van der Waals surface area contributed by atoms with Gasteiger partial charge in [-0.1, -0.05) is 0 Å². The van der Waals surface area contributed by atoms with E-state index in [2.05, 4.69) is 0 Å². The van der Waals surface area contributed by atoms with E-state index >= 15 is 0 Å². The number of carboxylic acid groups (broad SMARTS) is 2. The van der Waals surface area contributed by atoms with Crippen molar-refractivity contribution >= 4 is 11.9 Å². The van der Waals surface area contributed by atoms with Gasteiger partial charge in [0.1, 0.15) is 0 Å². The van der Waals surface area contributed by atoms with Crippen molar-refractivity contribution in [2.75, 3.05) is 0 Å². The minimum atomic E-state index is -1.44. The number of aliphatic carboxylic acids is 2. The Hall–Kier alpha value is -0.586. The van der Waals surface area contributed by atoms with E-state index in [1.165, 1.54) is 0 Å². The second-order valence-corrected chi connectivity index (χ2v) is 2.09. The van der Waals surface area contributed by atoms with Gasteiger partial charge in [-0.05, 0) is 13.8 Å². The van der Waals surface area contributed by atoms with Crippen molar-refractivity contribution in [2.45, 2.75) is 26.1 Å². The van der Waals surface area contributed by atoms with Gasteiger partial charge in [0.05, 0.1) is 24.1 Å². The van der Waals surface area contributed by atoms with E-state index in [1.54, 1.807) is 0 Å². The van der Waals surface area contributed by atoms with Gasteiger partial charge in [0.15, 0.2) is 0 Å². The van der Waals surface area contributed by atoms with E-state index in [9.17, 15) is 19.8 Å². The second kappa shape index (κ2) is 20.8. The van der Waals surface area contributed by atoms with Gasteiger partial charge in [-0.3, -0.25) is 0 Å². The van der Waals surface area contributed by atoms with Gasteiger partial charge in [-0.15, -0.1) is 0 Å². The molecule has 8 N–H and O–H groups in total. The van der Waals surface area contributed by atoms with Crippen molar-refractivity contribution in [3.8, 4) is 0 Å². The van der Waals surface area contributed by atoms with Crippen molar-refractivity contribution in [1.29, 1.82) is 0 Å². The van der Waals surface area contributed by atoms with Crippen molar-refractivity contribution in [1.82, 2.24) is 6.15 Å². The number of nitrogens with two attached hydrogens (primary N) is 1. The fraction of sp³-hybridized carbons (Fsp3) is 0.667. The molecule has 10 nitrogen and oxygen atoms in total. The maximum Gasteiger partial charge on any atom is 2.00 e. The summed E-state index contributed by atoms with van der Waals surface area (Å²) in [5, 5.41) is 51.1. The zero-order chi connectivity index (χ0) is 13.0. The molecule has 0 aliphatic carbocycles. The van der Waals surface area contributed by atoms with Crippen LogP contribution in [0.2, 0.25) is 0 Å². The van der Waals surface area contributed by atoms with Crippen molar-refractivity contribution in [3.05, 3.63) is 10.4 Å². The molecule has 0 aromatic carbocycles. The molecule has 0 spiro atoms. The van der Waals surface area contributed by atoms with Gasteiger partial charge >= 0.3 is 21.7 Å². The van der Waals surface area contributed by atoms with Crippen molar-refractivity contribution in [2.24, 2.45) is 0 Å². The molecule has 0 amide bonds. The second-order valence-electron chi connectivity index (χ2n) is 2.09. The fourth-order valence-corrected chi connectivity index (χ4v) is 0. The monoisotopic (exact) mass is 292 g/mol. The predicted octanol–water partition coefficient (Wildman–Crippen LogP) is -4.85. The van der Waals surface area contributed by atoms with Crippen molar-refractivity contribution < 1.29 is 57.4 Å². The zero-order valence-corrected chi connectivity index (χ0v) is 11.1. The van der Waals surface area contributed by atoms with Gasteiger partial charge in [0.2, 0.25) is 0 Å². The van der Waals surface area contributed by atoms with Crippen molar-refractivity contribution in [3.63, 3.8) is 0 Å². The quantitative estimate of drug-likeness (QED) is 0.284. The summed E-state index contributed by atoms with van der Waals surface area (Å²) >= 11 is 0. The van der Waals surface area contributed by atoms with Gasteiger partial charge in [0, 0.05) is 0 Å². The first-order valence-corrected chi connectivity index (χ1v) is 3.54. The van der Waals surface area contributed by atoms with Crippen LogP contribution in [0.1, 0.15) is 13.8 Å². The Kier molecular flexibility index (Phi) is 36.6. The van der Waals surface area contributed by atoms with E-state index in [0.29, 0.717) is 0 Å². The van der Waals surface area contributed by atoms with Crippen LogP contribution in [0.4, 0.5) is 0 Å². The van der Waals surface area contributed by atoms with Crippen LogP contribution in [0.3, 0.4) is 0 Å². The maximum absolute atomic E-state index is 9.34. The largest absolute Gasteiger partial charge is 2.00 e. The van der Waals surface area contributed by atoms with Crippen LogP contribution in [-0.2, 0) is 31.3 Å². The molecular weight excluding hydrogens is 276 g/mol. The van der Waals surface area contributed by atoms with Crippen LogP contribution in [0.15, 0.2) is 0 Å². The molecule has 102 valence electrons. The Balaban J connectivity index is -0.0000000421. The van der Waals surface area contributed by atoms with Gasteiger partial charge in [0.25, 0.3) is 0 Å². The third kappa shape index (κ3) is 50.5. The Bertz CT molecular complexity index is 159. The predicted molar refractivity (Wildman–Crippen MR) is 48.0 cm³/mol. The van der Waals surface area contributed by atoms with Crippen LogP contribution >= 0.6 is 0 Å². The standard InChI is InChI=1S/2C3H6O3.H2NO2.H3N.Ti/c2*1-2(4)3(5)6;2-1-3;;/h2*2,4H,1H3,(H,5,6);1H2;1H3;/q;;-1;;+2/p-1. The van der Waals surface area contributed by atoms with Gasteiger partial charge < -0.3 is 52.2 Å². The third-order valence-electron chi connectivity index (χ3n) is 0.682. The summed E-state index contributed by atoms with van der Waals surface area (Å²) in [6.07, 6.45) is -2.69. The number of quaternary nitrogens is 2. The molecule has 2 unspecified atom stereocenters. The average Bonchev–Trinajstić information content (AvgIpc) is 2.06. The van der Waals surface area contributed by atoms with Gasteiger partial charge in [-0.2, -0.15) is 0 Å². The number of aliphatic hydroxyl groups is 2. The summed E-state index contributed by atoms with van der Waals surface area (Å²) in [7, 11) is 0. The summed E-state index contributed by atoms with van der Waals surface area (Å²) in [4.78, 5) is 18.7. The van der Waals surface area contributed by atoms with E-state index in [4.69, 9.17) is 20.6 Å². The number of hydrogen-bond donors (Lipinski definition) is 4. The summed E-state index contributed by atoms with van der Waals surface area (Å²) in [6, 6.07) is 0. The Morgan fingerprint density at radius 1 is 1.00 bits per heavy atom. The fourth-order valence-electron chi connectivity index (χ4n) is 0. The molecule has 11 heteroatoms. The molecule has 0 aromatic rings. The third-order valence-corrected chi connectivity index (χ3v) is 0.682. The zero-order valence-electron chi connectivity index (χ0n) is 9.58. The van der Waals surface area contributed by atoms with Crippen LogP contribution < -0.4 is 22.0 Å². The van der Waals surface area contributed by atoms with E-state index in [1.807, 2.05) is 0 Å². The summed E-state index contributed by atoms with van der Waals surface area (Å²) in [5.41, 5.74) is -0.500. The van der Waals surface area contributed by atoms with Gasteiger partial charge in [-0.25, -0.2) is 0 Å². The first-order valence-electron chi connectivity index (χ1n) is 3.54. The molecule has 0 radical (unpaired) electrons. The van der Waals surface area contributed by atoms with Crippen LogP contribution in [0.5, 0.6) is 0 Å². The molecule has 0 bridgehead atoms. The molecule has 0 saturated carbocycles. The van der Waals surface area contributed by atoms with E-state index in [0.717, 1.165) is 13.8 Å². The molecular formula is C6H16N2O8Ti. The molecule has 0 heterocycles. The number of rotatable bonds is 2. The first-order chi connectivity index (χ1) is 6.70. The van der Waals surface area contributed by atoms with Crippen LogP contribution in [-0.4, -0.2) is 34.4 Å². The number of carbonyl (C=O) groups excluding carboxylic acids is 2. The number of hydrogen-bond acceptors (Lipinski definition) is 8. The number of carboxylic acids is 2. The summed E-state index contributed by atoms with van der Waals surface area (Å²) in [6.45, 7) is 2.27.